The van der Waals surface area contributed by atoms with Gasteiger partial charge >= 0.3 is 12.5 Å². The van der Waals surface area contributed by atoms with Crippen LogP contribution in [0, 0.1) is 0 Å². The lowest BCUT2D eigenvalue weighted by Crippen LogP contribution is -2.49. The molecule has 0 N–H and O–H groups in total. The summed E-state index contributed by atoms with van der Waals surface area (Å²) in [6.07, 6.45) is -5.14. The van der Waals surface area contributed by atoms with E-state index in [0.29, 0.717) is 70.3 Å². The molecule has 2 saturated heterocycles. The Hall–Kier alpha value is -2.20. The number of carbonyl (C=O) groups excluding carboxylic acids is 1. The number of halogens is 3. The number of anilines is 1. The first-order valence-electron chi connectivity index (χ1n) is 10.4. The minimum atomic E-state index is -4.77. The average molecular weight is 445 g/mol. The Morgan fingerprint density at radius 2 is 1.68 bits per heavy atom. The smallest absolute Gasteiger partial charge is 0.444 e. The van der Waals surface area contributed by atoms with E-state index in [2.05, 4.69) is 4.74 Å². The first-order valence-corrected chi connectivity index (χ1v) is 10.4. The second kappa shape index (κ2) is 9.52. The predicted molar refractivity (Wildman–Crippen MR) is 109 cm³/mol. The quantitative estimate of drug-likeness (QED) is 0.708. The largest absolute Gasteiger partial charge is 0.573 e. The molecule has 0 radical (unpaired) electrons. The Morgan fingerprint density at radius 1 is 1.03 bits per heavy atom. The molecule has 2 aliphatic heterocycles. The van der Waals surface area contributed by atoms with Gasteiger partial charge in [-0.3, -0.25) is 4.90 Å². The molecule has 174 valence electrons. The summed E-state index contributed by atoms with van der Waals surface area (Å²) >= 11 is 0. The molecule has 0 unspecified atom stereocenters. The highest BCUT2D eigenvalue weighted by Crippen LogP contribution is 2.32. The van der Waals surface area contributed by atoms with Crippen molar-refractivity contribution in [2.75, 3.05) is 57.4 Å². The minimum Gasteiger partial charge on any atom is -0.444 e. The van der Waals surface area contributed by atoms with E-state index >= 15 is 0 Å². The Bertz CT molecular complexity index is 753. The van der Waals surface area contributed by atoms with Crippen molar-refractivity contribution in [2.24, 2.45) is 0 Å². The highest BCUT2D eigenvalue weighted by Gasteiger charge is 2.33. The number of morpholine rings is 1. The van der Waals surface area contributed by atoms with Crippen molar-refractivity contribution in [3.8, 4) is 5.75 Å². The van der Waals surface area contributed by atoms with E-state index in [1.165, 1.54) is 6.07 Å². The molecule has 0 saturated carbocycles. The topological polar surface area (TPSA) is 54.5 Å². The standard InChI is InChI=1S/C21H30F3N3O4/c1-20(2,3)31-19(28)27-8-6-25(7-9-27)15-16-4-5-17(26-10-12-29-13-11-26)14-18(16)30-21(22,23)24/h4-5,14H,6-13,15H2,1-3H3. The van der Waals surface area contributed by atoms with Crippen molar-refractivity contribution in [3.63, 3.8) is 0 Å². The molecule has 1 aromatic carbocycles. The number of benzene rings is 1. The van der Waals surface area contributed by atoms with E-state index in [9.17, 15) is 18.0 Å². The summed E-state index contributed by atoms with van der Waals surface area (Å²) in [5, 5.41) is 0. The maximum absolute atomic E-state index is 13.0. The van der Waals surface area contributed by atoms with Gasteiger partial charge in [-0.05, 0) is 26.8 Å². The van der Waals surface area contributed by atoms with Crippen LogP contribution in [0.1, 0.15) is 26.3 Å². The monoisotopic (exact) mass is 445 g/mol. The lowest BCUT2D eigenvalue weighted by molar-refractivity contribution is -0.275. The molecule has 0 aromatic heterocycles. The molecule has 31 heavy (non-hydrogen) atoms. The SMILES string of the molecule is CC(C)(C)OC(=O)N1CCN(Cc2ccc(N3CCOCC3)cc2OC(F)(F)F)CC1. The highest BCUT2D eigenvalue weighted by molar-refractivity contribution is 5.68. The van der Waals surface area contributed by atoms with Crippen molar-refractivity contribution in [2.45, 2.75) is 39.3 Å². The van der Waals surface area contributed by atoms with Gasteiger partial charge in [0.1, 0.15) is 11.4 Å². The fourth-order valence-corrected chi connectivity index (χ4v) is 3.57. The van der Waals surface area contributed by atoms with E-state index in [-0.39, 0.29) is 11.8 Å². The zero-order valence-electron chi connectivity index (χ0n) is 18.2. The number of piperazine rings is 1. The molecule has 1 aromatic rings. The van der Waals surface area contributed by atoms with Crippen LogP contribution in [0.5, 0.6) is 5.75 Å². The Labute approximate surface area is 180 Å². The van der Waals surface area contributed by atoms with Crippen molar-refractivity contribution in [1.29, 1.82) is 0 Å². The first-order chi connectivity index (χ1) is 14.5. The van der Waals surface area contributed by atoms with Crippen LogP contribution in [0.15, 0.2) is 18.2 Å². The second-order valence-corrected chi connectivity index (χ2v) is 8.68. The molecule has 0 spiro atoms. The van der Waals surface area contributed by atoms with Crippen LogP contribution in [-0.2, 0) is 16.0 Å². The number of nitrogens with zero attached hydrogens (tertiary/aromatic N) is 3. The number of amides is 1. The Morgan fingerprint density at radius 3 is 2.26 bits per heavy atom. The Balaban J connectivity index is 1.65. The maximum Gasteiger partial charge on any atom is 0.573 e. The normalized spacial score (nSPS) is 18.8. The van der Waals surface area contributed by atoms with E-state index in [4.69, 9.17) is 9.47 Å². The van der Waals surface area contributed by atoms with Gasteiger partial charge in [-0.2, -0.15) is 0 Å². The van der Waals surface area contributed by atoms with E-state index in [1.807, 2.05) is 36.6 Å². The molecule has 0 atom stereocenters. The number of alkyl halides is 3. The zero-order chi connectivity index (χ0) is 22.6. The lowest BCUT2D eigenvalue weighted by Gasteiger charge is -2.36. The molecule has 0 aliphatic carbocycles. The zero-order valence-corrected chi connectivity index (χ0v) is 18.2. The van der Waals surface area contributed by atoms with E-state index in [0.717, 1.165) is 0 Å². The van der Waals surface area contributed by atoms with Crippen LogP contribution in [0.25, 0.3) is 0 Å². The summed E-state index contributed by atoms with van der Waals surface area (Å²) in [5.41, 5.74) is 0.571. The molecule has 2 fully saturated rings. The molecule has 3 rings (SSSR count). The minimum absolute atomic E-state index is 0.189. The van der Waals surface area contributed by atoms with E-state index in [1.54, 1.807) is 11.0 Å². The van der Waals surface area contributed by atoms with Crippen LogP contribution < -0.4 is 9.64 Å². The fraction of sp³-hybridized carbons (Fsp3) is 0.667. The van der Waals surface area contributed by atoms with Gasteiger partial charge < -0.3 is 24.0 Å². The third-order valence-electron chi connectivity index (χ3n) is 5.07. The van der Waals surface area contributed by atoms with Crippen LogP contribution in [0.3, 0.4) is 0 Å². The first kappa shape index (κ1) is 23.5. The van der Waals surface area contributed by atoms with Gasteiger partial charge in [0.05, 0.1) is 13.2 Å². The number of carbonyl (C=O) groups is 1. The van der Waals surface area contributed by atoms with Gasteiger partial charge in [-0.25, -0.2) is 4.79 Å². The number of ether oxygens (including phenoxy) is 3. The van der Waals surface area contributed by atoms with Gasteiger partial charge in [0.15, 0.2) is 0 Å². The number of hydrogen-bond donors (Lipinski definition) is 0. The third kappa shape index (κ3) is 7.17. The van der Waals surface area contributed by atoms with Crippen LogP contribution >= 0.6 is 0 Å². The summed E-state index contributed by atoms with van der Waals surface area (Å²) in [5.74, 6) is -0.189. The maximum atomic E-state index is 13.0. The molecular formula is C21H30F3N3O4. The van der Waals surface area contributed by atoms with Crippen LogP contribution in [0.2, 0.25) is 0 Å². The molecular weight excluding hydrogens is 415 g/mol. The summed E-state index contributed by atoms with van der Waals surface area (Å²) in [7, 11) is 0. The van der Waals surface area contributed by atoms with Gasteiger partial charge in [0, 0.05) is 63.1 Å². The molecule has 2 heterocycles. The predicted octanol–water partition coefficient (Wildman–Crippen LogP) is 3.47. The molecule has 2 aliphatic rings. The molecule has 10 heteroatoms. The molecule has 0 bridgehead atoms. The summed E-state index contributed by atoms with van der Waals surface area (Å²) < 4.78 is 54.1. The van der Waals surface area contributed by atoms with Crippen molar-refractivity contribution < 1.29 is 32.2 Å². The highest BCUT2D eigenvalue weighted by atomic mass is 19.4. The van der Waals surface area contributed by atoms with Gasteiger partial charge in [-0.15, -0.1) is 13.2 Å². The van der Waals surface area contributed by atoms with Gasteiger partial charge in [-0.1, -0.05) is 6.07 Å². The average Bonchev–Trinajstić information content (AvgIpc) is 2.68. The van der Waals surface area contributed by atoms with Crippen molar-refractivity contribution >= 4 is 11.8 Å². The van der Waals surface area contributed by atoms with Crippen molar-refractivity contribution in [1.82, 2.24) is 9.80 Å². The van der Waals surface area contributed by atoms with Crippen LogP contribution in [-0.4, -0.2) is 80.3 Å². The van der Waals surface area contributed by atoms with Gasteiger partial charge in [0.2, 0.25) is 0 Å². The second-order valence-electron chi connectivity index (χ2n) is 8.68. The van der Waals surface area contributed by atoms with Gasteiger partial charge in [0.25, 0.3) is 0 Å². The fourth-order valence-electron chi connectivity index (χ4n) is 3.57. The lowest BCUT2D eigenvalue weighted by atomic mass is 10.1. The number of hydrogen-bond acceptors (Lipinski definition) is 6. The number of rotatable bonds is 4. The van der Waals surface area contributed by atoms with E-state index < -0.39 is 12.0 Å². The molecule has 7 nitrogen and oxygen atoms in total. The van der Waals surface area contributed by atoms with Crippen molar-refractivity contribution in [3.05, 3.63) is 23.8 Å². The molecule has 1 amide bonds. The summed E-state index contributed by atoms with van der Waals surface area (Å²) in [6.45, 7) is 10.0. The summed E-state index contributed by atoms with van der Waals surface area (Å²) in [6, 6.07) is 4.96. The summed E-state index contributed by atoms with van der Waals surface area (Å²) in [4.78, 5) is 17.8. The van der Waals surface area contributed by atoms with Crippen LogP contribution in [0.4, 0.5) is 23.7 Å². The third-order valence-corrected chi connectivity index (χ3v) is 5.07. The Kier molecular flexibility index (Phi) is 7.20.